The van der Waals surface area contributed by atoms with Crippen molar-refractivity contribution in [1.29, 1.82) is 0 Å². The van der Waals surface area contributed by atoms with Gasteiger partial charge in [-0.25, -0.2) is 0 Å². The molecule has 78 valence electrons. The minimum absolute atomic E-state index is 0.367. The molecule has 0 aromatic carbocycles. The maximum absolute atomic E-state index is 9.04. The lowest BCUT2D eigenvalue weighted by atomic mass is 10.1. The fourth-order valence-corrected chi connectivity index (χ4v) is 2.85. The molecule has 13 heavy (non-hydrogen) atoms. The summed E-state index contributed by atoms with van der Waals surface area (Å²) in [5, 5.41) is 9.04. The molecule has 0 spiro atoms. The Hall–Kier alpha value is 0.270. The number of nitrogens with zero attached hydrogens (tertiary/aromatic N) is 1. The van der Waals surface area contributed by atoms with Gasteiger partial charge >= 0.3 is 0 Å². The molecule has 0 aromatic rings. The molecule has 2 atom stereocenters. The van der Waals surface area contributed by atoms with E-state index in [2.05, 4.69) is 18.1 Å². The van der Waals surface area contributed by atoms with Gasteiger partial charge in [0.15, 0.2) is 0 Å². The molecule has 0 aliphatic carbocycles. The Kier molecular flexibility index (Phi) is 5.14. The van der Waals surface area contributed by atoms with E-state index in [9.17, 15) is 0 Å². The third kappa shape index (κ3) is 3.15. The zero-order valence-corrected chi connectivity index (χ0v) is 9.52. The van der Waals surface area contributed by atoms with Crippen LogP contribution in [-0.4, -0.2) is 47.8 Å². The van der Waals surface area contributed by atoms with Crippen LogP contribution in [0.4, 0.5) is 0 Å². The molecular weight excluding hydrogens is 182 g/mol. The SMILES string of the molecule is CCC(CSC)N1CCC(CO)C1. The zero-order valence-electron chi connectivity index (χ0n) is 8.70. The molecule has 1 aliphatic heterocycles. The maximum atomic E-state index is 9.04. The van der Waals surface area contributed by atoms with Crippen molar-refractivity contribution in [3.63, 3.8) is 0 Å². The molecule has 0 aromatic heterocycles. The summed E-state index contributed by atoms with van der Waals surface area (Å²) in [5.41, 5.74) is 0. The van der Waals surface area contributed by atoms with E-state index in [-0.39, 0.29) is 0 Å². The van der Waals surface area contributed by atoms with Crippen LogP contribution in [0.15, 0.2) is 0 Å². The van der Waals surface area contributed by atoms with Crippen molar-refractivity contribution >= 4 is 11.8 Å². The topological polar surface area (TPSA) is 23.5 Å². The smallest absolute Gasteiger partial charge is 0.0471 e. The average Bonchev–Trinajstić information content (AvgIpc) is 2.62. The number of hydrogen-bond donors (Lipinski definition) is 1. The summed E-state index contributed by atoms with van der Waals surface area (Å²) in [6.07, 6.45) is 4.59. The van der Waals surface area contributed by atoms with Crippen molar-refractivity contribution in [1.82, 2.24) is 4.90 Å². The summed E-state index contributed by atoms with van der Waals surface area (Å²) in [7, 11) is 0. The van der Waals surface area contributed by atoms with Gasteiger partial charge in [-0.1, -0.05) is 6.92 Å². The Morgan fingerprint density at radius 1 is 1.62 bits per heavy atom. The van der Waals surface area contributed by atoms with Crippen LogP contribution in [0, 0.1) is 5.92 Å². The fourth-order valence-electron chi connectivity index (χ4n) is 2.02. The van der Waals surface area contributed by atoms with Gasteiger partial charge in [0.05, 0.1) is 0 Å². The number of aliphatic hydroxyl groups excluding tert-OH is 1. The largest absolute Gasteiger partial charge is 0.396 e. The van der Waals surface area contributed by atoms with Crippen LogP contribution < -0.4 is 0 Å². The van der Waals surface area contributed by atoms with Crippen LogP contribution in [0.25, 0.3) is 0 Å². The number of likely N-dealkylation sites (tertiary alicyclic amines) is 1. The maximum Gasteiger partial charge on any atom is 0.0471 e. The molecule has 0 bridgehead atoms. The van der Waals surface area contributed by atoms with Gasteiger partial charge in [0, 0.05) is 24.9 Å². The van der Waals surface area contributed by atoms with Crippen molar-refractivity contribution in [3.05, 3.63) is 0 Å². The van der Waals surface area contributed by atoms with E-state index in [1.54, 1.807) is 0 Å². The molecule has 2 nitrogen and oxygen atoms in total. The van der Waals surface area contributed by atoms with Gasteiger partial charge in [0.2, 0.25) is 0 Å². The molecule has 0 radical (unpaired) electrons. The van der Waals surface area contributed by atoms with Gasteiger partial charge in [-0.2, -0.15) is 11.8 Å². The van der Waals surface area contributed by atoms with Gasteiger partial charge in [-0.15, -0.1) is 0 Å². The summed E-state index contributed by atoms with van der Waals surface area (Å²) >= 11 is 1.93. The molecule has 0 amide bonds. The second-order valence-electron chi connectivity index (χ2n) is 3.85. The number of thioether (sulfide) groups is 1. The summed E-state index contributed by atoms with van der Waals surface area (Å²) in [6.45, 7) is 4.92. The predicted molar refractivity (Wildman–Crippen MR) is 59.2 cm³/mol. The fraction of sp³-hybridized carbons (Fsp3) is 1.00. The summed E-state index contributed by atoms with van der Waals surface area (Å²) in [6, 6.07) is 0.728. The van der Waals surface area contributed by atoms with Crippen LogP contribution in [0.2, 0.25) is 0 Å². The molecule has 1 rings (SSSR count). The quantitative estimate of drug-likeness (QED) is 0.731. The highest BCUT2D eigenvalue weighted by Gasteiger charge is 2.26. The van der Waals surface area contributed by atoms with Crippen LogP contribution in [-0.2, 0) is 0 Å². The van der Waals surface area contributed by atoms with Gasteiger partial charge in [0.1, 0.15) is 0 Å². The lowest BCUT2D eigenvalue weighted by molar-refractivity contribution is 0.203. The first kappa shape index (κ1) is 11.3. The lowest BCUT2D eigenvalue weighted by Crippen LogP contribution is -2.35. The van der Waals surface area contributed by atoms with Gasteiger partial charge in [-0.05, 0) is 31.6 Å². The molecule has 3 heteroatoms. The molecule has 1 heterocycles. The molecule has 1 aliphatic rings. The highest BCUT2D eigenvalue weighted by molar-refractivity contribution is 7.98. The molecule has 2 unspecified atom stereocenters. The summed E-state index contributed by atoms with van der Waals surface area (Å²) < 4.78 is 0. The van der Waals surface area contributed by atoms with Crippen molar-refractivity contribution < 1.29 is 5.11 Å². The van der Waals surface area contributed by atoms with Crippen LogP contribution in [0.3, 0.4) is 0 Å². The number of hydrogen-bond acceptors (Lipinski definition) is 3. The van der Waals surface area contributed by atoms with E-state index in [0.717, 1.165) is 12.6 Å². The second-order valence-corrected chi connectivity index (χ2v) is 4.76. The Morgan fingerprint density at radius 2 is 2.38 bits per heavy atom. The molecule has 0 saturated carbocycles. The number of aliphatic hydroxyl groups is 1. The lowest BCUT2D eigenvalue weighted by Gasteiger charge is -2.26. The standard InChI is InChI=1S/C10H21NOS/c1-3-10(8-13-2)11-5-4-9(6-11)7-12/h9-10,12H,3-8H2,1-2H3. The van der Waals surface area contributed by atoms with Gasteiger partial charge in [0.25, 0.3) is 0 Å². The van der Waals surface area contributed by atoms with Gasteiger partial charge < -0.3 is 5.11 Å². The van der Waals surface area contributed by atoms with Crippen LogP contribution in [0.5, 0.6) is 0 Å². The summed E-state index contributed by atoms with van der Waals surface area (Å²) in [5.74, 6) is 1.77. The van der Waals surface area contributed by atoms with E-state index < -0.39 is 0 Å². The third-order valence-electron chi connectivity index (χ3n) is 2.92. The first-order valence-electron chi connectivity index (χ1n) is 5.15. The van der Waals surface area contributed by atoms with Crippen molar-refractivity contribution in [2.24, 2.45) is 5.92 Å². The number of rotatable bonds is 5. The normalized spacial score (nSPS) is 26.5. The predicted octanol–water partition coefficient (Wildman–Crippen LogP) is 1.44. The van der Waals surface area contributed by atoms with Crippen LogP contribution in [0.1, 0.15) is 19.8 Å². The van der Waals surface area contributed by atoms with E-state index in [4.69, 9.17) is 5.11 Å². The van der Waals surface area contributed by atoms with E-state index in [1.807, 2.05) is 11.8 Å². The minimum atomic E-state index is 0.367. The first-order chi connectivity index (χ1) is 6.31. The Bertz CT molecular complexity index is 143. The highest BCUT2D eigenvalue weighted by Crippen LogP contribution is 2.21. The highest BCUT2D eigenvalue weighted by atomic mass is 32.2. The van der Waals surface area contributed by atoms with E-state index in [1.165, 1.54) is 25.1 Å². The molecular formula is C10H21NOS. The Morgan fingerprint density at radius 3 is 2.85 bits per heavy atom. The average molecular weight is 203 g/mol. The monoisotopic (exact) mass is 203 g/mol. The molecule has 1 N–H and O–H groups in total. The molecule has 1 saturated heterocycles. The van der Waals surface area contributed by atoms with Crippen molar-refractivity contribution in [2.45, 2.75) is 25.8 Å². The Labute approximate surface area is 85.7 Å². The minimum Gasteiger partial charge on any atom is -0.396 e. The third-order valence-corrected chi connectivity index (χ3v) is 3.64. The Balaban J connectivity index is 2.33. The summed E-state index contributed by atoms with van der Waals surface area (Å²) in [4.78, 5) is 2.54. The van der Waals surface area contributed by atoms with Crippen molar-refractivity contribution in [2.75, 3.05) is 31.7 Å². The second kappa shape index (κ2) is 5.89. The zero-order chi connectivity index (χ0) is 9.68. The van der Waals surface area contributed by atoms with E-state index in [0.29, 0.717) is 12.5 Å². The van der Waals surface area contributed by atoms with E-state index >= 15 is 0 Å². The van der Waals surface area contributed by atoms with Crippen molar-refractivity contribution in [3.8, 4) is 0 Å². The molecule has 1 fully saturated rings. The van der Waals surface area contributed by atoms with Crippen LogP contribution >= 0.6 is 11.8 Å². The first-order valence-corrected chi connectivity index (χ1v) is 6.55. The van der Waals surface area contributed by atoms with Gasteiger partial charge in [-0.3, -0.25) is 4.90 Å².